The zero-order valence-electron chi connectivity index (χ0n) is 28.2. The van der Waals surface area contributed by atoms with Gasteiger partial charge < -0.3 is 26.0 Å². The minimum Gasteiger partial charge on any atom is -0.390 e. The lowest BCUT2D eigenvalue weighted by Crippen LogP contribution is -2.53. The van der Waals surface area contributed by atoms with Crippen molar-refractivity contribution < 1.29 is 27.9 Å². The molecule has 0 aromatic heterocycles. The standard InChI is InChI=1S/C37H47N5O6S/c1-26(36(45)39-29-15-8-4-9-16-29)38-25-34(43)33(21-27-13-6-3-7-14-27)40-37(46)28-22-31(41-20-12-19-35(41)44)24-32(23-28)42(49(2,47)48)30-17-10-5-11-18-30/h3,5-7,10-11,13-14,17-18,22-24,26,29,33-34,38,43H,4,8-9,12,15-16,19-21,25H2,1-2H3,(H,39,45)(H,40,46)/t26-,33-,34+/m0/s1. The molecule has 4 N–H and O–H groups in total. The van der Waals surface area contributed by atoms with Crippen LogP contribution in [0.4, 0.5) is 17.1 Å². The fourth-order valence-electron chi connectivity index (χ4n) is 6.52. The molecule has 12 heteroatoms. The van der Waals surface area contributed by atoms with E-state index in [9.17, 15) is 27.9 Å². The molecule has 0 spiro atoms. The van der Waals surface area contributed by atoms with Crippen molar-refractivity contribution in [1.29, 1.82) is 0 Å². The molecule has 3 aromatic carbocycles. The largest absolute Gasteiger partial charge is 0.390 e. The fourth-order valence-corrected chi connectivity index (χ4v) is 7.52. The molecule has 3 atom stereocenters. The molecule has 2 aliphatic rings. The SMILES string of the molecule is C[C@H](NC[C@@H](O)[C@H](Cc1ccccc1)NC(=O)c1cc(N2CCCC2=O)cc(N(c2ccccc2)S(C)(=O)=O)c1)C(=O)NC1CCCCC1. The number of aliphatic hydroxyl groups is 1. The van der Waals surface area contributed by atoms with Gasteiger partial charge in [0.05, 0.1) is 35.8 Å². The Bertz CT molecular complexity index is 1700. The van der Waals surface area contributed by atoms with Crippen LogP contribution in [-0.4, -0.2) is 74.8 Å². The molecule has 3 amide bonds. The van der Waals surface area contributed by atoms with Gasteiger partial charge >= 0.3 is 0 Å². The molecule has 0 unspecified atom stereocenters. The Morgan fingerprint density at radius 3 is 2.24 bits per heavy atom. The van der Waals surface area contributed by atoms with Crippen LogP contribution in [0.25, 0.3) is 0 Å². The number of carbonyl (C=O) groups is 3. The first-order valence-electron chi connectivity index (χ1n) is 17.1. The Balaban J connectivity index is 1.40. The molecule has 5 rings (SSSR count). The van der Waals surface area contributed by atoms with Crippen molar-refractivity contribution >= 4 is 44.8 Å². The van der Waals surface area contributed by atoms with Crippen LogP contribution in [0.1, 0.15) is 67.8 Å². The predicted molar refractivity (Wildman–Crippen MR) is 191 cm³/mol. The summed E-state index contributed by atoms with van der Waals surface area (Å²) in [6.45, 7) is 2.24. The van der Waals surface area contributed by atoms with E-state index >= 15 is 0 Å². The molecule has 1 saturated heterocycles. The van der Waals surface area contributed by atoms with E-state index in [-0.39, 0.29) is 35.7 Å². The second-order valence-electron chi connectivity index (χ2n) is 13.1. The molecule has 11 nitrogen and oxygen atoms in total. The Kier molecular flexibility index (Phi) is 12.1. The zero-order chi connectivity index (χ0) is 35.0. The predicted octanol–water partition coefficient (Wildman–Crippen LogP) is 4.04. The summed E-state index contributed by atoms with van der Waals surface area (Å²) in [4.78, 5) is 41.3. The normalized spacial score (nSPS) is 17.3. The van der Waals surface area contributed by atoms with E-state index in [1.807, 2.05) is 30.3 Å². The van der Waals surface area contributed by atoms with E-state index in [2.05, 4.69) is 16.0 Å². The van der Waals surface area contributed by atoms with E-state index < -0.39 is 34.1 Å². The Labute approximate surface area is 289 Å². The fraction of sp³-hybridized carbons (Fsp3) is 0.432. The Morgan fingerprint density at radius 2 is 1.61 bits per heavy atom. The topological polar surface area (TPSA) is 148 Å². The van der Waals surface area contributed by atoms with Crippen LogP contribution in [-0.2, 0) is 26.0 Å². The highest BCUT2D eigenvalue weighted by Gasteiger charge is 2.29. The highest BCUT2D eigenvalue weighted by Crippen LogP contribution is 2.34. The van der Waals surface area contributed by atoms with Crippen molar-refractivity contribution in [1.82, 2.24) is 16.0 Å². The van der Waals surface area contributed by atoms with Crippen molar-refractivity contribution in [3.8, 4) is 0 Å². The summed E-state index contributed by atoms with van der Waals surface area (Å²) >= 11 is 0. The van der Waals surface area contributed by atoms with Crippen molar-refractivity contribution in [3.63, 3.8) is 0 Å². The van der Waals surface area contributed by atoms with Gasteiger partial charge in [-0.2, -0.15) is 0 Å². The molecular weight excluding hydrogens is 643 g/mol. The number of para-hydroxylation sites is 1. The van der Waals surface area contributed by atoms with E-state index in [1.165, 1.54) is 12.5 Å². The van der Waals surface area contributed by atoms with Gasteiger partial charge in [0.25, 0.3) is 5.91 Å². The summed E-state index contributed by atoms with van der Waals surface area (Å²) in [7, 11) is -3.86. The van der Waals surface area contributed by atoms with Crippen LogP contribution < -0.4 is 25.2 Å². The first kappa shape index (κ1) is 36.0. The first-order valence-corrected chi connectivity index (χ1v) is 18.9. The maximum Gasteiger partial charge on any atom is 0.251 e. The number of nitrogens with one attached hydrogen (secondary N) is 3. The third kappa shape index (κ3) is 9.68. The van der Waals surface area contributed by atoms with Crippen LogP contribution in [0.15, 0.2) is 78.9 Å². The maximum absolute atomic E-state index is 14.0. The van der Waals surface area contributed by atoms with E-state index in [0.717, 1.165) is 41.8 Å². The third-order valence-electron chi connectivity index (χ3n) is 9.16. The molecule has 262 valence electrons. The minimum atomic E-state index is -3.86. The minimum absolute atomic E-state index is 0.0421. The molecule has 1 aliphatic carbocycles. The third-order valence-corrected chi connectivity index (χ3v) is 10.2. The van der Waals surface area contributed by atoms with Gasteiger partial charge in [-0.1, -0.05) is 67.8 Å². The highest BCUT2D eigenvalue weighted by molar-refractivity contribution is 7.92. The Morgan fingerprint density at radius 1 is 0.939 bits per heavy atom. The van der Waals surface area contributed by atoms with Crippen LogP contribution in [0.5, 0.6) is 0 Å². The molecule has 49 heavy (non-hydrogen) atoms. The Hall–Kier alpha value is -4.26. The van der Waals surface area contributed by atoms with Gasteiger partial charge in [0.15, 0.2) is 0 Å². The molecule has 2 fully saturated rings. The lowest BCUT2D eigenvalue weighted by Gasteiger charge is -2.28. The van der Waals surface area contributed by atoms with Crippen molar-refractivity contribution in [2.24, 2.45) is 0 Å². The average molecular weight is 690 g/mol. The summed E-state index contributed by atoms with van der Waals surface area (Å²) in [5, 5.41) is 20.6. The van der Waals surface area contributed by atoms with E-state index in [4.69, 9.17) is 0 Å². The van der Waals surface area contributed by atoms with Crippen molar-refractivity contribution in [2.45, 2.75) is 82.5 Å². The van der Waals surface area contributed by atoms with Gasteiger partial charge in [-0.25, -0.2) is 12.7 Å². The zero-order valence-corrected chi connectivity index (χ0v) is 29.0. The van der Waals surface area contributed by atoms with Crippen LogP contribution >= 0.6 is 0 Å². The van der Waals surface area contributed by atoms with Crippen LogP contribution in [0, 0.1) is 0 Å². The summed E-state index contributed by atoms with van der Waals surface area (Å²) in [6, 6.07) is 21.5. The molecule has 3 aromatic rings. The number of anilines is 3. The van der Waals surface area contributed by atoms with Gasteiger partial charge in [-0.05, 0) is 68.5 Å². The summed E-state index contributed by atoms with van der Waals surface area (Å²) in [5.74, 6) is -0.782. The van der Waals surface area contributed by atoms with Gasteiger partial charge in [0, 0.05) is 36.8 Å². The highest BCUT2D eigenvalue weighted by atomic mass is 32.2. The number of nitrogens with zero attached hydrogens (tertiary/aromatic N) is 2. The number of benzene rings is 3. The molecular formula is C37H47N5O6S. The van der Waals surface area contributed by atoms with Gasteiger partial charge in [-0.15, -0.1) is 0 Å². The first-order chi connectivity index (χ1) is 23.5. The summed E-state index contributed by atoms with van der Waals surface area (Å²) < 4.78 is 27.4. The van der Waals surface area contributed by atoms with Crippen LogP contribution in [0.2, 0.25) is 0 Å². The summed E-state index contributed by atoms with van der Waals surface area (Å²) in [5.41, 5.74) is 2.02. The smallest absolute Gasteiger partial charge is 0.251 e. The second-order valence-corrected chi connectivity index (χ2v) is 14.9. The maximum atomic E-state index is 14.0. The molecule has 1 saturated carbocycles. The lowest BCUT2D eigenvalue weighted by atomic mass is 9.95. The van der Waals surface area contributed by atoms with Gasteiger partial charge in [0.2, 0.25) is 21.8 Å². The molecule has 0 radical (unpaired) electrons. The quantitative estimate of drug-likeness (QED) is 0.200. The van der Waals surface area contributed by atoms with E-state index in [1.54, 1.807) is 54.3 Å². The number of sulfonamides is 1. The number of rotatable bonds is 14. The monoisotopic (exact) mass is 689 g/mol. The lowest BCUT2D eigenvalue weighted by molar-refractivity contribution is -0.123. The van der Waals surface area contributed by atoms with Crippen LogP contribution in [0.3, 0.4) is 0 Å². The van der Waals surface area contributed by atoms with Gasteiger partial charge in [-0.3, -0.25) is 14.4 Å². The molecule has 0 bridgehead atoms. The van der Waals surface area contributed by atoms with Gasteiger partial charge in [0.1, 0.15) is 0 Å². The van der Waals surface area contributed by atoms with E-state index in [0.29, 0.717) is 37.2 Å². The molecule has 1 heterocycles. The van der Waals surface area contributed by atoms with Crippen molar-refractivity contribution in [2.75, 3.05) is 28.6 Å². The second kappa shape index (κ2) is 16.4. The summed E-state index contributed by atoms with van der Waals surface area (Å²) in [6.07, 6.45) is 6.64. The molecule has 1 aliphatic heterocycles. The number of hydrogen-bond acceptors (Lipinski definition) is 7. The average Bonchev–Trinajstić information content (AvgIpc) is 3.53. The number of hydrogen-bond donors (Lipinski definition) is 4. The number of carbonyl (C=O) groups excluding carboxylic acids is 3. The number of aliphatic hydroxyl groups excluding tert-OH is 1. The van der Waals surface area contributed by atoms with Crippen molar-refractivity contribution in [3.05, 3.63) is 90.0 Å². The number of amides is 3.